The summed E-state index contributed by atoms with van der Waals surface area (Å²) in [5, 5.41) is 9.77. The zero-order chi connectivity index (χ0) is 16.2. The molecule has 0 atom stereocenters. The molecule has 2 N–H and O–H groups in total. The monoisotopic (exact) mass is 318 g/mol. The Bertz CT molecular complexity index is 752. The van der Waals surface area contributed by atoms with Crippen LogP contribution in [0.3, 0.4) is 0 Å². The smallest absolute Gasteiger partial charge is 0.257 e. The molecule has 1 amide bonds. The van der Waals surface area contributed by atoms with Gasteiger partial charge in [-0.2, -0.15) is 0 Å². The lowest BCUT2D eigenvalue weighted by Crippen LogP contribution is -2.31. The van der Waals surface area contributed by atoms with Crippen LogP contribution < -0.4 is 20.9 Å². The van der Waals surface area contributed by atoms with Gasteiger partial charge in [-0.1, -0.05) is 5.16 Å². The van der Waals surface area contributed by atoms with Crippen molar-refractivity contribution >= 4 is 5.91 Å². The molecular weight excluding hydrogens is 300 g/mol. The summed E-state index contributed by atoms with van der Waals surface area (Å²) in [5.41, 5.74) is 1.56. The Morgan fingerprint density at radius 3 is 3.13 bits per heavy atom. The highest BCUT2D eigenvalue weighted by molar-refractivity contribution is 5.98. The average molecular weight is 318 g/mol. The summed E-state index contributed by atoms with van der Waals surface area (Å²) >= 11 is 0. The van der Waals surface area contributed by atoms with Crippen molar-refractivity contribution in [1.29, 1.82) is 0 Å². The summed E-state index contributed by atoms with van der Waals surface area (Å²) in [5.74, 6) is -0.00342. The first-order valence-electron chi connectivity index (χ1n) is 7.39. The van der Waals surface area contributed by atoms with Gasteiger partial charge in [-0.25, -0.2) is 0 Å². The summed E-state index contributed by atoms with van der Waals surface area (Å²) in [6.07, 6.45) is 2.03. The van der Waals surface area contributed by atoms with E-state index in [0.29, 0.717) is 48.8 Å². The van der Waals surface area contributed by atoms with Gasteiger partial charge in [0.25, 0.3) is 11.5 Å². The number of nitrogens with one attached hydrogen (secondary N) is 2. The Balaban J connectivity index is 1.95. The van der Waals surface area contributed by atoms with Crippen LogP contribution in [-0.2, 0) is 19.5 Å². The summed E-state index contributed by atoms with van der Waals surface area (Å²) < 4.78 is 11.6. The Hall–Kier alpha value is -2.61. The number of carbonyl (C=O) groups is 1. The molecule has 23 heavy (non-hydrogen) atoms. The van der Waals surface area contributed by atoms with Gasteiger partial charge in [-0.05, 0) is 0 Å². The summed E-state index contributed by atoms with van der Waals surface area (Å²) in [6.45, 7) is 2.17. The van der Waals surface area contributed by atoms with Gasteiger partial charge in [0.1, 0.15) is 23.3 Å². The molecule has 122 valence electrons. The number of methoxy groups -OCH3 is 1. The minimum Gasteiger partial charge on any atom is -0.496 e. The highest BCUT2D eigenvalue weighted by atomic mass is 16.5. The molecule has 8 nitrogen and oxygen atoms in total. The van der Waals surface area contributed by atoms with E-state index in [1.165, 1.54) is 19.4 Å². The van der Waals surface area contributed by atoms with Crippen LogP contribution in [0.15, 0.2) is 27.7 Å². The van der Waals surface area contributed by atoms with Gasteiger partial charge in [-0.15, -0.1) is 0 Å². The Labute approximate surface area is 132 Å². The van der Waals surface area contributed by atoms with E-state index in [1.54, 1.807) is 10.6 Å². The van der Waals surface area contributed by atoms with Crippen molar-refractivity contribution in [2.75, 3.05) is 20.2 Å². The molecule has 0 bridgehead atoms. The van der Waals surface area contributed by atoms with E-state index in [-0.39, 0.29) is 18.0 Å². The molecule has 2 aromatic heterocycles. The maximum Gasteiger partial charge on any atom is 0.257 e. The number of rotatable bonds is 4. The van der Waals surface area contributed by atoms with Crippen molar-refractivity contribution in [2.45, 2.75) is 19.5 Å². The Morgan fingerprint density at radius 2 is 2.39 bits per heavy atom. The third-order valence-electron chi connectivity index (χ3n) is 3.80. The Kier molecular flexibility index (Phi) is 4.42. The zero-order valence-electron chi connectivity index (χ0n) is 12.8. The topological polar surface area (TPSA) is 98.4 Å². The van der Waals surface area contributed by atoms with Crippen molar-refractivity contribution in [1.82, 2.24) is 20.4 Å². The van der Waals surface area contributed by atoms with E-state index in [9.17, 15) is 9.59 Å². The number of hydrogen-bond donors (Lipinski definition) is 2. The largest absolute Gasteiger partial charge is 0.496 e. The number of carbonyl (C=O) groups excluding carboxylic acids is 1. The van der Waals surface area contributed by atoms with E-state index in [1.807, 2.05) is 0 Å². The van der Waals surface area contributed by atoms with Gasteiger partial charge in [0, 0.05) is 43.9 Å². The molecule has 2 aromatic rings. The molecule has 1 aliphatic rings. The first-order chi connectivity index (χ1) is 11.2. The van der Waals surface area contributed by atoms with Crippen molar-refractivity contribution in [3.8, 4) is 5.75 Å². The predicted octanol–water partition coefficient (Wildman–Crippen LogP) is -0.0794. The summed E-state index contributed by atoms with van der Waals surface area (Å²) in [4.78, 5) is 24.8. The lowest BCUT2D eigenvalue weighted by Gasteiger charge is -2.17. The van der Waals surface area contributed by atoms with Gasteiger partial charge < -0.3 is 24.5 Å². The molecule has 0 saturated carbocycles. The fourth-order valence-corrected chi connectivity index (χ4v) is 2.69. The maximum atomic E-state index is 12.6. The van der Waals surface area contributed by atoms with Crippen molar-refractivity contribution in [2.24, 2.45) is 0 Å². The molecule has 8 heteroatoms. The standard InChI is InChI=1S/C15H18N4O4/c1-22-12-8-13(20)19-6-5-16-4-2-11(19)14(12)15(21)17-9-10-3-7-23-18-10/h3,7-8,16H,2,4-6,9H2,1H3,(H,17,21). The van der Waals surface area contributed by atoms with Gasteiger partial charge >= 0.3 is 0 Å². The molecule has 3 heterocycles. The molecule has 0 unspecified atom stereocenters. The molecule has 0 fully saturated rings. The van der Waals surface area contributed by atoms with Crippen LogP contribution in [-0.4, -0.2) is 35.8 Å². The van der Waals surface area contributed by atoms with Gasteiger partial charge in [0.15, 0.2) is 0 Å². The van der Waals surface area contributed by atoms with E-state index in [4.69, 9.17) is 9.26 Å². The lowest BCUT2D eigenvalue weighted by molar-refractivity contribution is 0.0945. The number of hydrogen-bond acceptors (Lipinski definition) is 6. The third-order valence-corrected chi connectivity index (χ3v) is 3.80. The van der Waals surface area contributed by atoms with E-state index in [0.717, 1.165) is 0 Å². The van der Waals surface area contributed by atoms with Crippen LogP contribution in [0.25, 0.3) is 0 Å². The van der Waals surface area contributed by atoms with E-state index >= 15 is 0 Å². The average Bonchev–Trinajstić information content (AvgIpc) is 2.95. The number of ether oxygens (including phenoxy) is 1. The molecule has 0 aliphatic carbocycles. The van der Waals surface area contributed by atoms with Gasteiger partial charge in [0.05, 0.1) is 13.7 Å². The van der Waals surface area contributed by atoms with Crippen LogP contribution in [0, 0.1) is 0 Å². The number of amides is 1. The summed E-state index contributed by atoms with van der Waals surface area (Å²) in [7, 11) is 1.45. The van der Waals surface area contributed by atoms with Crippen molar-refractivity contribution < 1.29 is 14.1 Å². The van der Waals surface area contributed by atoms with Crippen LogP contribution >= 0.6 is 0 Å². The number of nitrogens with zero attached hydrogens (tertiary/aromatic N) is 2. The lowest BCUT2D eigenvalue weighted by atomic mass is 10.1. The minimum atomic E-state index is -0.296. The zero-order valence-corrected chi connectivity index (χ0v) is 12.8. The second-order valence-electron chi connectivity index (χ2n) is 5.20. The SMILES string of the molecule is COc1cc(=O)n2c(c1C(=O)NCc1ccon1)CCNCC2. The molecule has 0 saturated heterocycles. The maximum absolute atomic E-state index is 12.6. The number of fused-ring (bicyclic) bond motifs is 1. The van der Waals surface area contributed by atoms with Crippen molar-refractivity contribution in [3.05, 3.63) is 45.7 Å². The van der Waals surface area contributed by atoms with E-state index in [2.05, 4.69) is 15.8 Å². The van der Waals surface area contributed by atoms with Crippen LogP contribution in [0.4, 0.5) is 0 Å². The molecular formula is C15H18N4O4. The van der Waals surface area contributed by atoms with Gasteiger partial charge in [0.2, 0.25) is 0 Å². The quantitative estimate of drug-likeness (QED) is 0.818. The second-order valence-corrected chi connectivity index (χ2v) is 5.20. The molecule has 0 radical (unpaired) electrons. The first-order valence-corrected chi connectivity index (χ1v) is 7.39. The molecule has 3 rings (SSSR count). The highest BCUT2D eigenvalue weighted by Crippen LogP contribution is 2.21. The second kappa shape index (κ2) is 6.66. The fraction of sp³-hybridized carbons (Fsp3) is 0.400. The fourth-order valence-electron chi connectivity index (χ4n) is 2.69. The van der Waals surface area contributed by atoms with Crippen LogP contribution in [0.2, 0.25) is 0 Å². The molecule has 0 aromatic carbocycles. The molecule has 0 spiro atoms. The molecule has 1 aliphatic heterocycles. The normalized spacial score (nSPS) is 14.0. The predicted molar refractivity (Wildman–Crippen MR) is 81.5 cm³/mol. The van der Waals surface area contributed by atoms with Crippen molar-refractivity contribution in [3.63, 3.8) is 0 Å². The van der Waals surface area contributed by atoms with Crippen LogP contribution in [0.1, 0.15) is 21.7 Å². The minimum absolute atomic E-state index is 0.159. The van der Waals surface area contributed by atoms with Gasteiger partial charge in [-0.3, -0.25) is 9.59 Å². The van der Waals surface area contributed by atoms with Crippen LogP contribution in [0.5, 0.6) is 5.75 Å². The summed E-state index contributed by atoms with van der Waals surface area (Å²) in [6, 6.07) is 3.04. The highest BCUT2D eigenvalue weighted by Gasteiger charge is 2.23. The third kappa shape index (κ3) is 3.11. The number of aromatic nitrogens is 2. The first kappa shape index (κ1) is 15.3. The van der Waals surface area contributed by atoms with E-state index < -0.39 is 0 Å². The number of pyridine rings is 1. The Morgan fingerprint density at radius 1 is 1.52 bits per heavy atom.